The first-order chi connectivity index (χ1) is 7.59. The lowest BCUT2D eigenvalue weighted by Crippen LogP contribution is -2.42. The van der Waals surface area contributed by atoms with Crippen LogP contribution in [0.5, 0.6) is 0 Å². The Bertz CT molecular complexity index is 365. The van der Waals surface area contributed by atoms with E-state index in [2.05, 4.69) is 5.32 Å². The molecule has 0 heterocycles. The van der Waals surface area contributed by atoms with Crippen LogP contribution >= 0.6 is 0 Å². The Morgan fingerprint density at radius 1 is 1.31 bits per heavy atom. The number of carbonyl (C=O) groups is 2. The summed E-state index contributed by atoms with van der Waals surface area (Å²) >= 11 is 0. The highest BCUT2D eigenvalue weighted by molar-refractivity contribution is 5.84. The van der Waals surface area contributed by atoms with Gasteiger partial charge in [0, 0.05) is 6.54 Å². The van der Waals surface area contributed by atoms with E-state index < -0.39 is 17.9 Å². The summed E-state index contributed by atoms with van der Waals surface area (Å²) in [6, 6.07) is 8.54. The van der Waals surface area contributed by atoms with Gasteiger partial charge in [-0.05, 0) is 5.56 Å². The summed E-state index contributed by atoms with van der Waals surface area (Å²) in [5.74, 6) is -1.71. The molecule has 1 atom stereocenters. The summed E-state index contributed by atoms with van der Waals surface area (Å²) in [5.41, 5.74) is 6.06. The number of nitrogens with two attached hydrogens (primary N) is 1. The second kappa shape index (κ2) is 5.87. The number of nitrogens with one attached hydrogen (secondary N) is 1. The number of carboxylic acid groups (broad SMARTS) is 1. The predicted octanol–water partition coefficient (Wildman–Crippen LogP) is 0.105. The first-order valence-corrected chi connectivity index (χ1v) is 4.88. The van der Waals surface area contributed by atoms with E-state index in [0.29, 0.717) is 6.54 Å². The third-order valence-electron chi connectivity index (χ3n) is 2.12. The molecule has 16 heavy (non-hydrogen) atoms. The van der Waals surface area contributed by atoms with Crippen LogP contribution < -0.4 is 11.1 Å². The van der Waals surface area contributed by atoms with E-state index in [9.17, 15) is 9.59 Å². The Kier molecular flexibility index (Phi) is 4.47. The van der Waals surface area contributed by atoms with Crippen LogP contribution in [0.1, 0.15) is 12.0 Å². The van der Waals surface area contributed by atoms with Gasteiger partial charge < -0.3 is 16.2 Å². The Morgan fingerprint density at radius 2 is 1.94 bits per heavy atom. The molecule has 0 fully saturated rings. The van der Waals surface area contributed by atoms with Gasteiger partial charge in [-0.1, -0.05) is 30.3 Å². The number of hydrogen-bond acceptors (Lipinski definition) is 3. The zero-order valence-corrected chi connectivity index (χ0v) is 8.72. The number of hydrogen-bond donors (Lipinski definition) is 3. The lowest BCUT2D eigenvalue weighted by molar-refractivity contribution is -0.139. The van der Waals surface area contributed by atoms with E-state index in [4.69, 9.17) is 10.8 Å². The van der Waals surface area contributed by atoms with Crippen LogP contribution in [0.2, 0.25) is 0 Å². The minimum atomic E-state index is -1.05. The summed E-state index contributed by atoms with van der Waals surface area (Å²) in [4.78, 5) is 21.4. The Hall–Kier alpha value is -1.88. The zero-order chi connectivity index (χ0) is 12.0. The molecule has 4 N–H and O–H groups in total. The van der Waals surface area contributed by atoms with Crippen molar-refractivity contribution in [3.63, 3.8) is 0 Å². The number of rotatable bonds is 6. The number of benzene rings is 1. The van der Waals surface area contributed by atoms with Gasteiger partial charge in [0.15, 0.2) is 0 Å². The Balaban J connectivity index is 2.50. The highest BCUT2D eigenvalue weighted by Gasteiger charge is 2.17. The monoisotopic (exact) mass is 222 g/mol. The quantitative estimate of drug-likeness (QED) is 0.636. The van der Waals surface area contributed by atoms with E-state index in [-0.39, 0.29) is 6.42 Å². The maximum absolute atomic E-state index is 11.0. The third kappa shape index (κ3) is 4.10. The average molecular weight is 222 g/mol. The van der Waals surface area contributed by atoms with Crippen molar-refractivity contribution in [3.8, 4) is 0 Å². The minimum absolute atomic E-state index is 0.303. The van der Waals surface area contributed by atoms with E-state index in [1.54, 1.807) is 0 Å². The number of carbonyl (C=O) groups excluding carboxylic acids is 1. The highest BCUT2D eigenvalue weighted by atomic mass is 16.4. The fourth-order valence-corrected chi connectivity index (χ4v) is 1.28. The molecule has 0 unspecified atom stereocenters. The van der Waals surface area contributed by atoms with Crippen LogP contribution in [0.15, 0.2) is 30.3 Å². The molecule has 1 aromatic rings. The van der Waals surface area contributed by atoms with Gasteiger partial charge in [0.25, 0.3) is 0 Å². The minimum Gasteiger partial charge on any atom is -0.481 e. The maximum Gasteiger partial charge on any atom is 0.305 e. The van der Waals surface area contributed by atoms with Gasteiger partial charge in [0.1, 0.15) is 0 Å². The van der Waals surface area contributed by atoms with Crippen molar-refractivity contribution >= 4 is 11.9 Å². The van der Waals surface area contributed by atoms with Crippen molar-refractivity contribution in [3.05, 3.63) is 35.9 Å². The first kappa shape index (κ1) is 12.2. The molecule has 0 aliphatic heterocycles. The van der Waals surface area contributed by atoms with Gasteiger partial charge in [0.2, 0.25) is 5.91 Å². The predicted molar refractivity (Wildman–Crippen MR) is 58.5 cm³/mol. The third-order valence-corrected chi connectivity index (χ3v) is 2.12. The summed E-state index contributed by atoms with van der Waals surface area (Å²) in [5, 5.41) is 11.4. The summed E-state index contributed by atoms with van der Waals surface area (Å²) < 4.78 is 0. The largest absolute Gasteiger partial charge is 0.481 e. The van der Waals surface area contributed by atoms with E-state index in [1.807, 2.05) is 30.3 Å². The van der Waals surface area contributed by atoms with Crippen molar-refractivity contribution in [1.82, 2.24) is 5.32 Å². The van der Waals surface area contributed by atoms with Gasteiger partial charge in [0.05, 0.1) is 12.5 Å². The van der Waals surface area contributed by atoms with Crippen molar-refractivity contribution in [1.29, 1.82) is 0 Å². The molecule has 0 saturated carbocycles. The van der Waals surface area contributed by atoms with Crippen LogP contribution in [-0.4, -0.2) is 23.0 Å². The van der Waals surface area contributed by atoms with Crippen LogP contribution in [-0.2, 0) is 16.1 Å². The fraction of sp³-hybridized carbons (Fsp3) is 0.273. The molecule has 0 aliphatic rings. The van der Waals surface area contributed by atoms with Crippen molar-refractivity contribution in [2.45, 2.75) is 19.0 Å². The van der Waals surface area contributed by atoms with Crippen LogP contribution in [0.25, 0.3) is 0 Å². The van der Waals surface area contributed by atoms with Crippen LogP contribution in [0.3, 0.4) is 0 Å². The SMILES string of the molecule is NC(=O)[C@H](CC(=O)O)NCc1ccccc1. The standard InChI is InChI=1S/C11H14N2O3/c12-11(16)9(6-10(14)15)13-7-8-4-2-1-3-5-8/h1-5,9,13H,6-7H2,(H2,12,16)(H,14,15)/t9-/m0/s1. The normalized spacial score (nSPS) is 12.0. The Labute approximate surface area is 93.3 Å². The molecule has 0 radical (unpaired) electrons. The number of amides is 1. The molecule has 5 heteroatoms. The van der Waals surface area contributed by atoms with E-state index in [1.165, 1.54) is 0 Å². The highest BCUT2D eigenvalue weighted by Crippen LogP contribution is 1.99. The first-order valence-electron chi connectivity index (χ1n) is 4.88. The lowest BCUT2D eigenvalue weighted by atomic mass is 10.1. The zero-order valence-electron chi connectivity index (χ0n) is 8.72. The molecule has 1 amide bonds. The van der Waals surface area contributed by atoms with Crippen molar-refractivity contribution in [2.75, 3.05) is 0 Å². The maximum atomic E-state index is 11.0. The average Bonchev–Trinajstić information content (AvgIpc) is 2.25. The Morgan fingerprint density at radius 3 is 2.44 bits per heavy atom. The van der Waals surface area contributed by atoms with Gasteiger partial charge in [-0.3, -0.25) is 9.59 Å². The molecular formula is C11H14N2O3. The second-order valence-electron chi connectivity index (χ2n) is 3.42. The summed E-state index contributed by atoms with van der Waals surface area (Å²) in [7, 11) is 0. The summed E-state index contributed by atoms with van der Waals surface area (Å²) in [6.45, 7) is 0.418. The molecule has 0 aromatic heterocycles. The topological polar surface area (TPSA) is 92.4 Å². The molecular weight excluding hydrogens is 208 g/mol. The molecule has 5 nitrogen and oxygen atoms in total. The molecule has 0 spiro atoms. The molecule has 1 rings (SSSR count). The summed E-state index contributed by atoms with van der Waals surface area (Å²) in [6.07, 6.45) is -0.303. The molecule has 1 aromatic carbocycles. The lowest BCUT2D eigenvalue weighted by Gasteiger charge is -2.12. The molecule has 0 aliphatic carbocycles. The van der Waals surface area contributed by atoms with Crippen LogP contribution in [0, 0.1) is 0 Å². The molecule has 86 valence electrons. The van der Waals surface area contributed by atoms with Crippen molar-refractivity contribution in [2.24, 2.45) is 5.73 Å². The fourth-order valence-electron chi connectivity index (χ4n) is 1.28. The molecule has 0 bridgehead atoms. The smallest absolute Gasteiger partial charge is 0.305 e. The van der Waals surface area contributed by atoms with Crippen LogP contribution in [0.4, 0.5) is 0 Å². The van der Waals surface area contributed by atoms with Gasteiger partial charge >= 0.3 is 5.97 Å². The van der Waals surface area contributed by atoms with Gasteiger partial charge in [-0.15, -0.1) is 0 Å². The van der Waals surface area contributed by atoms with Gasteiger partial charge in [-0.25, -0.2) is 0 Å². The molecule has 0 saturated heterocycles. The second-order valence-corrected chi connectivity index (χ2v) is 3.42. The number of aliphatic carboxylic acids is 1. The van der Waals surface area contributed by atoms with Crippen molar-refractivity contribution < 1.29 is 14.7 Å². The number of carboxylic acids is 1. The van der Waals surface area contributed by atoms with Gasteiger partial charge in [-0.2, -0.15) is 0 Å². The number of primary amides is 1. The van der Waals surface area contributed by atoms with E-state index in [0.717, 1.165) is 5.56 Å². The van der Waals surface area contributed by atoms with E-state index >= 15 is 0 Å².